The Kier molecular flexibility index (Phi) is 4.56. The molecule has 1 heterocycles. The third-order valence-corrected chi connectivity index (χ3v) is 4.02. The summed E-state index contributed by atoms with van der Waals surface area (Å²) >= 11 is 1.31. The number of hydrogen-bond acceptors (Lipinski definition) is 5. The minimum absolute atomic E-state index is 0.546. The highest BCUT2D eigenvalue weighted by molar-refractivity contribution is 8.18. The van der Waals surface area contributed by atoms with E-state index in [9.17, 15) is 9.47 Å². The van der Waals surface area contributed by atoms with E-state index >= 15 is 0 Å². The minimum atomic E-state index is -2.63. The van der Waals surface area contributed by atoms with E-state index in [1.165, 1.54) is 18.0 Å². The van der Waals surface area contributed by atoms with Gasteiger partial charge >= 0.3 is 0 Å². The minimum Gasteiger partial charge on any atom is -0.303 e. The van der Waals surface area contributed by atoms with Gasteiger partial charge in [-0.25, -0.2) is 4.21 Å². The summed E-state index contributed by atoms with van der Waals surface area (Å²) in [5.74, 6) is 3.36. The highest BCUT2D eigenvalue weighted by atomic mass is 32.2. The summed E-state index contributed by atoms with van der Waals surface area (Å²) in [5.41, 5.74) is 2.52. The van der Waals surface area contributed by atoms with E-state index in [1.807, 2.05) is 31.2 Å². The van der Waals surface area contributed by atoms with Crippen LogP contribution >= 0.6 is 11.8 Å². The molecule has 0 saturated carbocycles. The second kappa shape index (κ2) is 6.20. The Morgan fingerprint density at radius 2 is 2.14 bits per heavy atom. The number of thioether (sulfide) groups is 1. The van der Waals surface area contributed by atoms with Crippen LogP contribution in [-0.2, 0) is 14.1 Å². The first-order valence-electron chi connectivity index (χ1n) is 6.06. The van der Waals surface area contributed by atoms with Crippen molar-refractivity contribution in [3.63, 3.8) is 0 Å². The molecular weight excluding hydrogens is 304 g/mol. The summed E-state index contributed by atoms with van der Waals surface area (Å²) < 4.78 is 16.2. The maximum atomic E-state index is 11.3. The number of oxime groups is 1. The molecule has 4 nitrogen and oxygen atoms in total. The summed E-state index contributed by atoms with van der Waals surface area (Å²) in [6.45, 7) is 1.96. The number of hydrogen-bond donors (Lipinski definition) is 0. The molecule has 21 heavy (non-hydrogen) atoms. The zero-order valence-corrected chi connectivity index (χ0v) is 13.3. The van der Waals surface area contributed by atoms with Gasteiger partial charge < -0.3 is 4.28 Å². The maximum Gasteiger partial charge on any atom is 0.142 e. The molecule has 1 aromatic carbocycles. The highest BCUT2D eigenvalue weighted by Crippen LogP contribution is 2.34. The van der Waals surface area contributed by atoms with Crippen LogP contribution in [0.25, 0.3) is 5.57 Å². The fourth-order valence-corrected chi connectivity index (χ4v) is 2.84. The molecule has 0 fully saturated rings. The van der Waals surface area contributed by atoms with Crippen LogP contribution in [0.1, 0.15) is 11.1 Å². The van der Waals surface area contributed by atoms with Gasteiger partial charge in [0.25, 0.3) is 0 Å². The van der Waals surface area contributed by atoms with E-state index in [-0.39, 0.29) is 0 Å². The van der Waals surface area contributed by atoms with Crippen LogP contribution in [0.15, 0.2) is 46.5 Å². The summed E-state index contributed by atoms with van der Waals surface area (Å²) in [6.07, 6.45) is 4.89. The number of benzene rings is 1. The third-order valence-electron chi connectivity index (χ3n) is 2.65. The molecule has 0 amide bonds. The average molecular weight is 318 g/mol. The summed E-state index contributed by atoms with van der Waals surface area (Å²) in [7, 11) is -2.63. The molecule has 1 aliphatic rings. The first-order chi connectivity index (χ1) is 9.90. The molecule has 1 atom stereocenters. The summed E-state index contributed by atoms with van der Waals surface area (Å²) in [5, 5.41) is 13.8. The normalized spacial score (nSPS) is 20.9. The quantitative estimate of drug-likeness (QED) is 0.488. The molecule has 0 spiro atoms. The van der Waals surface area contributed by atoms with Crippen molar-refractivity contribution in [3.05, 3.63) is 52.4 Å². The standard InChI is InChI=1S/C15H14N2O2S2/c1-11-6-4-5-7-12(11)13(10-16)14-8-9-15(20-14)17-19-21(2,3)18/h4-9H,2H2,1,3H3/b14-13+,17-15?. The lowest BCUT2D eigenvalue weighted by Crippen LogP contribution is -1.98. The Labute approximate surface area is 129 Å². The monoisotopic (exact) mass is 318 g/mol. The SMILES string of the molecule is C=S(C)(=O)ON=C1C=C/C(=C(/C#N)c2ccccc2C)S1. The molecule has 6 heteroatoms. The maximum absolute atomic E-state index is 11.3. The number of allylic oxidation sites excluding steroid dienone is 2. The fourth-order valence-electron chi connectivity index (χ4n) is 1.73. The Bertz CT molecular complexity index is 797. The van der Waals surface area contributed by atoms with Gasteiger partial charge in [-0.05, 0) is 36.1 Å². The molecule has 0 bridgehead atoms. The molecule has 0 aliphatic carbocycles. The van der Waals surface area contributed by atoms with E-state index in [0.717, 1.165) is 16.0 Å². The zero-order chi connectivity index (χ0) is 15.5. The molecule has 2 rings (SSSR count). The summed E-state index contributed by atoms with van der Waals surface area (Å²) in [6, 6.07) is 9.94. The average Bonchev–Trinajstić information content (AvgIpc) is 2.87. The Morgan fingerprint density at radius 3 is 2.76 bits per heavy atom. The molecule has 108 valence electrons. The van der Waals surface area contributed by atoms with Crippen molar-refractivity contribution in [2.75, 3.05) is 6.26 Å². The van der Waals surface area contributed by atoms with Gasteiger partial charge in [-0.1, -0.05) is 41.2 Å². The van der Waals surface area contributed by atoms with Crippen LogP contribution in [0.2, 0.25) is 0 Å². The van der Waals surface area contributed by atoms with Crippen LogP contribution in [0.4, 0.5) is 0 Å². The molecule has 0 saturated heterocycles. The topological polar surface area (TPSA) is 62.4 Å². The third kappa shape index (κ3) is 4.00. The van der Waals surface area contributed by atoms with Gasteiger partial charge in [0, 0.05) is 11.2 Å². The van der Waals surface area contributed by atoms with Gasteiger partial charge in [0.1, 0.15) is 20.9 Å². The number of rotatable bonds is 3. The largest absolute Gasteiger partial charge is 0.303 e. The second-order valence-electron chi connectivity index (χ2n) is 4.53. The molecule has 1 aliphatic heterocycles. The van der Waals surface area contributed by atoms with E-state index in [1.54, 1.807) is 12.2 Å². The first-order valence-corrected chi connectivity index (χ1v) is 8.93. The number of aryl methyl sites for hydroxylation is 1. The van der Waals surface area contributed by atoms with Gasteiger partial charge in [0.2, 0.25) is 0 Å². The predicted molar refractivity (Wildman–Crippen MR) is 90.2 cm³/mol. The molecule has 0 N–H and O–H groups in total. The van der Waals surface area contributed by atoms with Crippen LogP contribution in [0.5, 0.6) is 0 Å². The van der Waals surface area contributed by atoms with Crippen LogP contribution in [0.3, 0.4) is 0 Å². The van der Waals surface area contributed by atoms with Gasteiger partial charge in [-0.2, -0.15) is 5.26 Å². The van der Waals surface area contributed by atoms with Crippen molar-refractivity contribution >= 4 is 38.1 Å². The van der Waals surface area contributed by atoms with Crippen molar-refractivity contribution in [1.29, 1.82) is 5.26 Å². The second-order valence-corrected chi connectivity index (χ2v) is 7.59. The first kappa shape index (κ1) is 15.4. The Balaban J connectivity index is 2.32. The molecule has 0 aromatic heterocycles. The van der Waals surface area contributed by atoms with Crippen molar-refractivity contribution in [2.24, 2.45) is 5.16 Å². The lowest BCUT2D eigenvalue weighted by molar-refractivity contribution is 0.376. The predicted octanol–water partition coefficient (Wildman–Crippen LogP) is 3.12. The van der Waals surface area contributed by atoms with Crippen molar-refractivity contribution in [2.45, 2.75) is 6.92 Å². The summed E-state index contributed by atoms with van der Waals surface area (Å²) in [4.78, 5) is 0.792. The highest BCUT2D eigenvalue weighted by Gasteiger charge is 2.16. The molecule has 1 unspecified atom stereocenters. The van der Waals surface area contributed by atoms with Gasteiger partial charge in [0.05, 0.1) is 5.57 Å². The van der Waals surface area contributed by atoms with Gasteiger partial charge in [-0.3, -0.25) is 0 Å². The lowest BCUT2D eigenvalue weighted by atomic mass is 10.0. The Morgan fingerprint density at radius 1 is 1.43 bits per heavy atom. The van der Waals surface area contributed by atoms with Crippen LogP contribution < -0.4 is 0 Å². The van der Waals surface area contributed by atoms with E-state index in [0.29, 0.717) is 10.6 Å². The molecule has 1 aromatic rings. The lowest BCUT2D eigenvalue weighted by Gasteiger charge is -2.06. The van der Waals surface area contributed by atoms with Crippen LogP contribution in [0, 0.1) is 18.3 Å². The number of nitrogens with zero attached hydrogens (tertiary/aromatic N) is 2. The smallest absolute Gasteiger partial charge is 0.142 e. The number of nitriles is 1. The zero-order valence-electron chi connectivity index (χ0n) is 11.7. The van der Waals surface area contributed by atoms with Crippen molar-refractivity contribution < 1.29 is 8.49 Å². The van der Waals surface area contributed by atoms with E-state index in [2.05, 4.69) is 17.1 Å². The molecular formula is C15H14N2O2S2. The van der Waals surface area contributed by atoms with E-state index < -0.39 is 9.80 Å². The van der Waals surface area contributed by atoms with Crippen molar-refractivity contribution in [1.82, 2.24) is 0 Å². The van der Waals surface area contributed by atoms with E-state index in [4.69, 9.17) is 4.28 Å². The fraction of sp³-hybridized carbons (Fsp3) is 0.133. The Hall–Kier alpha value is -1.97. The molecule has 0 radical (unpaired) electrons. The van der Waals surface area contributed by atoms with Gasteiger partial charge in [-0.15, -0.1) is 0 Å². The van der Waals surface area contributed by atoms with Crippen LogP contribution in [-0.4, -0.2) is 21.4 Å². The van der Waals surface area contributed by atoms with Crippen molar-refractivity contribution in [3.8, 4) is 6.07 Å². The van der Waals surface area contributed by atoms with Gasteiger partial charge in [0.15, 0.2) is 0 Å².